The van der Waals surface area contributed by atoms with Crippen molar-refractivity contribution in [1.82, 2.24) is 9.62 Å². The fourth-order valence-corrected chi connectivity index (χ4v) is 5.31. The molecule has 0 aliphatic carbocycles. The Hall–Kier alpha value is -1.61. The molecule has 156 valence electrons. The number of nitrogens with one attached hydrogen (secondary N) is 1. The normalized spacial score (nSPS) is 15.8. The molecule has 1 aliphatic heterocycles. The first-order chi connectivity index (χ1) is 13.8. The second kappa shape index (κ2) is 9.47. The van der Waals surface area contributed by atoms with Gasteiger partial charge >= 0.3 is 0 Å². The highest BCUT2D eigenvalue weighted by atomic mass is 79.9. The number of carbonyl (C=O) groups excluding carboxylic acids is 1. The van der Waals surface area contributed by atoms with Gasteiger partial charge in [-0.15, -0.1) is 0 Å². The van der Waals surface area contributed by atoms with Crippen molar-refractivity contribution in [3.8, 4) is 5.75 Å². The van der Waals surface area contributed by atoms with Crippen molar-refractivity contribution in [3.05, 3.63) is 57.5 Å². The molecule has 1 heterocycles. The molecule has 0 radical (unpaired) electrons. The van der Waals surface area contributed by atoms with Gasteiger partial charge in [-0.25, -0.2) is 8.42 Å². The number of halogens is 2. The van der Waals surface area contributed by atoms with Crippen LogP contribution in [0.25, 0.3) is 0 Å². The molecule has 6 nitrogen and oxygen atoms in total. The average Bonchev–Trinajstić information content (AvgIpc) is 3.23. The second-order valence-corrected chi connectivity index (χ2v) is 10.1. The summed E-state index contributed by atoms with van der Waals surface area (Å²) in [6.45, 7) is 2.51. The largest absolute Gasteiger partial charge is 0.482 e. The van der Waals surface area contributed by atoms with Crippen LogP contribution in [-0.4, -0.2) is 38.3 Å². The lowest BCUT2D eigenvalue weighted by atomic mass is 10.1. The molecular formula is C20H22BrClN2O4S. The minimum Gasteiger partial charge on any atom is -0.482 e. The predicted octanol–water partition coefficient (Wildman–Crippen LogP) is 4.14. The number of nitrogens with zero attached hydrogens (tertiary/aromatic N) is 1. The molecule has 2 aromatic carbocycles. The number of amides is 1. The fraction of sp³-hybridized carbons (Fsp3) is 0.350. The van der Waals surface area contributed by atoms with Crippen molar-refractivity contribution in [3.63, 3.8) is 0 Å². The SMILES string of the molecule is C[C@@H](NC(=O)COc1ccc(Cl)cc1S(=O)(=O)N1CCCC1)c1ccc(Br)cc1. The molecule has 1 aliphatic rings. The van der Waals surface area contributed by atoms with Crippen molar-refractivity contribution >= 4 is 43.5 Å². The van der Waals surface area contributed by atoms with Gasteiger partial charge in [0.15, 0.2) is 6.61 Å². The zero-order valence-corrected chi connectivity index (χ0v) is 19.1. The number of benzene rings is 2. The minimum absolute atomic E-state index is 0.0133. The van der Waals surface area contributed by atoms with Crippen LogP contribution in [-0.2, 0) is 14.8 Å². The highest BCUT2D eigenvalue weighted by Gasteiger charge is 2.30. The van der Waals surface area contributed by atoms with Gasteiger partial charge in [-0.2, -0.15) is 4.31 Å². The molecule has 0 aromatic heterocycles. The molecule has 2 aromatic rings. The standard InChI is InChI=1S/C20H22BrClN2O4S/c1-14(15-4-6-16(21)7-5-15)23-20(25)13-28-18-9-8-17(22)12-19(18)29(26,27)24-10-2-3-11-24/h4-9,12,14H,2-3,10-11,13H2,1H3,(H,23,25)/t14-/m1/s1. The first-order valence-corrected chi connectivity index (χ1v) is 11.9. The zero-order chi connectivity index (χ0) is 21.0. The summed E-state index contributed by atoms with van der Waals surface area (Å²) in [6.07, 6.45) is 1.65. The van der Waals surface area contributed by atoms with E-state index in [1.165, 1.54) is 16.4 Å². The molecule has 29 heavy (non-hydrogen) atoms. The Bertz CT molecular complexity index is 976. The van der Waals surface area contributed by atoms with Gasteiger partial charge in [0.05, 0.1) is 6.04 Å². The Labute approximate surface area is 184 Å². The summed E-state index contributed by atoms with van der Waals surface area (Å²) in [5, 5.41) is 3.14. The lowest BCUT2D eigenvalue weighted by Crippen LogP contribution is -2.32. The maximum atomic E-state index is 12.9. The summed E-state index contributed by atoms with van der Waals surface area (Å²) in [4.78, 5) is 12.3. The topological polar surface area (TPSA) is 75.7 Å². The number of rotatable bonds is 7. The quantitative estimate of drug-likeness (QED) is 0.619. The van der Waals surface area contributed by atoms with E-state index in [2.05, 4.69) is 21.2 Å². The number of sulfonamides is 1. The monoisotopic (exact) mass is 500 g/mol. The molecule has 1 N–H and O–H groups in total. The Kier molecular flexibility index (Phi) is 7.21. The predicted molar refractivity (Wildman–Crippen MR) is 116 cm³/mol. The van der Waals surface area contributed by atoms with E-state index in [-0.39, 0.29) is 29.2 Å². The van der Waals surface area contributed by atoms with Crippen LogP contribution in [0.1, 0.15) is 31.4 Å². The molecular weight excluding hydrogens is 480 g/mol. The van der Waals surface area contributed by atoms with Crippen molar-refractivity contribution in [2.45, 2.75) is 30.7 Å². The molecule has 3 rings (SSSR count). The van der Waals surface area contributed by atoms with Gasteiger partial charge in [0.25, 0.3) is 5.91 Å². The van der Waals surface area contributed by atoms with E-state index in [4.69, 9.17) is 16.3 Å². The number of ether oxygens (including phenoxy) is 1. The first-order valence-electron chi connectivity index (χ1n) is 9.25. The van der Waals surface area contributed by atoms with Crippen LogP contribution in [0, 0.1) is 0 Å². The summed E-state index contributed by atoms with van der Waals surface area (Å²) in [6, 6.07) is 11.8. The van der Waals surface area contributed by atoms with Crippen LogP contribution >= 0.6 is 27.5 Å². The summed E-state index contributed by atoms with van der Waals surface area (Å²) >= 11 is 9.40. The van der Waals surface area contributed by atoms with Crippen LogP contribution in [0.5, 0.6) is 5.75 Å². The third-order valence-corrected chi connectivity index (χ3v) is 7.38. The van der Waals surface area contributed by atoms with Gasteiger partial charge in [0.1, 0.15) is 10.6 Å². The van der Waals surface area contributed by atoms with Gasteiger partial charge in [-0.1, -0.05) is 39.7 Å². The van der Waals surface area contributed by atoms with Gasteiger partial charge < -0.3 is 10.1 Å². The number of hydrogen-bond donors (Lipinski definition) is 1. The molecule has 1 fully saturated rings. The van der Waals surface area contributed by atoms with E-state index >= 15 is 0 Å². The second-order valence-electron chi connectivity index (χ2n) is 6.83. The average molecular weight is 502 g/mol. The lowest BCUT2D eigenvalue weighted by Gasteiger charge is -2.19. The molecule has 0 saturated carbocycles. The Balaban J connectivity index is 1.68. The van der Waals surface area contributed by atoms with Crippen LogP contribution < -0.4 is 10.1 Å². The van der Waals surface area contributed by atoms with Gasteiger partial charge in [-0.05, 0) is 55.7 Å². The highest BCUT2D eigenvalue weighted by Crippen LogP contribution is 2.31. The van der Waals surface area contributed by atoms with Crippen LogP contribution in [0.2, 0.25) is 5.02 Å². The van der Waals surface area contributed by atoms with E-state index in [0.29, 0.717) is 18.1 Å². The maximum absolute atomic E-state index is 12.9. The molecule has 1 saturated heterocycles. The van der Waals surface area contributed by atoms with Gasteiger partial charge in [0, 0.05) is 22.6 Å². The molecule has 1 amide bonds. The van der Waals surface area contributed by atoms with Gasteiger partial charge in [0.2, 0.25) is 10.0 Å². The Morgan fingerprint density at radius 1 is 1.21 bits per heavy atom. The number of hydrogen-bond acceptors (Lipinski definition) is 4. The molecule has 0 spiro atoms. The summed E-state index contributed by atoms with van der Waals surface area (Å²) in [5.74, 6) is -0.229. The minimum atomic E-state index is -3.72. The summed E-state index contributed by atoms with van der Waals surface area (Å²) in [7, 11) is -3.72. The Morgan fingerprint density at radius 2 is 1.86 bits per heavy atom. The van der Waals surface area contributed by atoms with Crippen molar-refractivity contribution < 1.29 is 17.9 Å². The van der Waals surface area contributed by atoms with Crippen LogP contribution in [0.4, 0.5) is 0 Å². The third kappa shape index (κ3) is 5.51. The maximum Gasteiger partial charge on any atom is 0.258 e. The van der Waals surface area contributed by atoms with E-state index < -0.39 is 10.0 Å². The smallest absolute Gasteiger partial charge is 0.258 e. The zero-order valence-electron chi connectivity index (χ0n) is 15.9. The van der Waals surface area contributed by atoms with E-state index in [9.17, 15) is 13.2 Å². The van der Waals surface area contributed by atoms with Crippen LogP contribution in [0.3, 0.4) is 0 Å². The highest BCUT2D eigenvalue weighted by molar-refractivity contribution is 9.10. The molecule has 0 unspecified atom stereocenters. The fourth-order valence-electron chi connectivity index (χ4n) is 3.13. The van der Waals surface area contributed by atoms with E-state index in [1.54, 1.807) is 6.07 Å². The first kappa shape index (κ1) is 22.1. The lowest BCUT2D eigenvalue weighted by molar-refractivity contribution is -0.123. The summed E-state index contributed by atoms with van der Waals surface area (Å²) in [5.41, 5.74) is 0.949. The van der Waals surface area contributed by atoms with E-state index in [1.807, 2.05) is 31.2 Å². The molecule has 1 atom stereocenters. The number of carbonyl (C=O) groups is 1. The van der Waals surface area contributed by atoms with Gasteiger partial charge in [-0.3, -0.25) is 4.79 Å². The molecule has 9 heteroatoms. The molecule has 0 bridgehead atoms. The third-order valence-electron chi connectivity index (χ3n) is 4.69. The summed E-state index contributed by atoms with van der Waals surface area (Å²) < 4.78 is 33.8. The van der Waals surface area contributed by atoms with Crippen LogP contribution in [0.15, 0.2) is 51.8 Å². The van der Waals surface area contributed by atoms with Crippen molar-refractivity contribution in [2.24, 2.45) is 0 Å². The van der Waals surface area contributed by atoms with Crippen molar-refractivity contribution in [2.75, 3.05) is 19.7 Å². The van der Waals surface area contributed by atoms with Crippen molar-refractivity contribution in [1.29, 1.82) is 0 Å². The Morgan fingerprint density at radius 3 is 2.52 bits per heavy atom. The van der Waals surface area contributed by atoms with E-state index in [0.717, 1.165) is 22.9 Å².